The molecule has 0 aliphatic carbocycles. The fourth-order valence-electron chi connectivity index (χ4n) is 2.13. The standard InChI is InChI=1S/C15H12BrN3O2S/c1-18(9-10-4-2-3-5-12(10)16)13(20)11-8-17-15-19(14(11)21)6-7-22-15/h2-8H,9H2,1H3. The summed E-state index contributed by atoms with van der Waals surface area (Å²) in [4.78, 5) is 31.1. The van der Waals surface area contributed by atoms with Gasteiger partial charge in [0, 0.05) is 35.8 Å². The van der Waals surface area contributed by atoms with E-state index in [0.717, 1.165) is 10.0 Å². The average Bonchev–Trinajstić information content (AvgIpc) is 2.99. The molecular weight excluding hydrogens is 366 g/mol. The van der Waals surface area contributed by atoms with Gasteiger partial charge in [-0.25, -0.2) is 4.98 Å². The van der Waals surface area contributed by atoms with Crippen LogP contribution in [0, 0.1) is 0 Å². The smallest absolute Gasteiger partial charge is 0.271 e. The highest BCUT2D eigenvalue weighted by Crippen LogP contribution is 2.18. The first-order valence-corrected chi connectivity index (χ1v) is 8.19. The fraction of sp³-hybridized carbons (Fsp3) is 0.133. The minimum absolute atomic E-state index is 0.0745. The number of halogens is 1. The first-order chi connectivity index (χ1) is 10.6. The summed E-state index contributed by atoms with van der Waals surface area (Å²) in [6.45, 7) is 0.409. The summed E-state index contributed by atoms with van der Waals surface area (Å²) in [6.07, 6.45) is 2.98. The van der Waals surface area contributed by atoms with Crippen LogP contribution < -0.4 is 5.56 Å². The van der Waals surface area contributed by atoms with E-state index in [9.17, 15) is 9.59 Å². The Hall–Kier alpha value is -1.99. The van der Waals surface area contributed by atoms with Gasteiger partial charge in [0.1, 0.15) is 5.56 Å². The quantitative estimate of drug-likeness (QED) is 0.704. The van der Waals surface area contributed by atoms with Crippen LogP contribution in [0.4, 0.5) is 0 Å². The fourth-order valence-corrected chi connectivity index (χ4v) is 3.22. The van der Waals surface area contributed by atoms with Crippen molar-refractivity contribution >= 4 is 38.1 Å². The van der Waals surface area contributed by atoms with Gasteiger partial charge in [-0.05, 0) is 11.6 Å². The Morgan fingerprint density at radius 2 is 2.18 bits per heavy atom. The number of amides is 1. The van der Waals surface area contributed by atoms with E-state index in [-0.39, 0.29) is 17.0 Å². The molecule has 0 spiro atoms. The number of rotatable bonds is 3. The number of hydrogen-bond donors (Lipinski definition) is 0. The Labute approximate surface area is 139 Å². The van der Waals surface area contributed by atoms with Crippen LogP contribution >= 0.6 is 27.3 Å². The molecule has 2 aromatic heterocycles. The molecule has 0 atom stereocenters. The van der Waals surface area contributed by atoms with Gasteiger partial charge in [-0.1, -0.05) is 34.1 Å². The highest BCUT2D eigenvalue weighted by molar-refractivity contribution is 9.10. The minimum atomic E-state index is -0.339. The average molecular weight is 378 g/mol. The van der Waals surface area contributed by atoms with Crippen molar-refractivity contribution < 1.29 is 4.79 Å². The third kappa shape index (κ3) is 2.69. The van der Waals surface area contributed by atoms with E-state index in [1.165, 1.54) is 26.8 Å². The lowest BCUT2D eigenvalue weighted by Crippen LogP contribution is -2.32. The summed E-state index contributed by atoms with van der Waals surface area (Å²) in [5.74, 6) is -0.339. The number of hydrogen-bond acceptors (Lipinski definition) is 4. The van der Waals surface area contributed by atoms with E-state index in [2.05, 4.69) is 20.9 Å². The molecule has 0 aliphatic rings. The summed E-state index contributed by atoms with van der Waals surface area (Å²) >= 11 is 4.81. The Morgan fingerprint density at radius 3 is 2.95 bits per heavy atom. The molecule has 3 rings (SSSR count). The van der Waals surface area contributed by atoms with E-state index in [1.807, 2.05) is 24.3 Å². The minimum Gasteiger partial charge on any atom is -0.337 e. The van der Waals surface area contributed by atoms with Crippen molar-refractivity contribution in [2.75, 3.05) is 7.05 Å². The highest BCUT2D eigenvalue weighted by atomic mass is 79.9. The molecule has 0 N–H and O–H groups in total. The number of aromatic nitrogens is 2. The van der Waals surface area contributed by atoms with Gasteiger partial charge in [-0.2, -0.15) is 0 Å². The predicted octanol–water partition coefficient (Wildman–Crippen LogP) is 2.79. The molecule has 22 heavy (non-hydrogen) atoms. The van der Waals surface area contributed by atoms with Gasteiger partial charge in [0.2, 0.25) is 0 Å². The second-order valence-electron chi connectivity index (χ2n) is 4.79. The number of nitrogens with zero attached hydrogens (tertiary/aromatic N) is 3. The molecule has 0 aliphatic heterocycles. The van der Waals surface area contributed by atoms with E-state index in [0.29, 0.717) is 11.5 Å². The molecule has 1 aromatic carbocycles. The SMILES string of the molecule is CN(Cc1ccccc1Br)C(=O)c1cnc2sccn2c1=O. The molecule has 2 heterocycles. The zero-order valence-corrected chi connectivity index (χ0v) is 14.1. The normalized spacial score (nSPS) is 10.8. The number of carbonyl (C=O) groups excluding carboxylic acids is 1. The van der Waals surface area contributed by atoms with Crippen molar-refractivity contribution in [1.82, 2.24) is 14.3 Å². The third-order valence-electron chi connectivity index (χ3n) is 3.29. The van der Waals surface area contributed by atoms with Crippen LogP contribution in [0.5, 0.6) is 0 Å². The number of benzene rings is 1. The molecule has 0 fully saturated rings. The molecule has 0 radical (unpaired) electrons. The van der Waals surface area contributed by atoms with Gasteiger partial charge < -0.3 is 4.90 Å². The number of thiazole rings is 1. The van der Waals surface area contributed by atoms with Crippen LogP contribution in [0.1, 0.15) is 15.9 Å². The van der Waals surface area contributed by atoms with Crippen molar-refractivity contribution in [3.8, 4) is 0 Å². The van der Waals surface area contributed by atoms with E-state index < -0.39 is 0 Å². The highest BCUT2D eigenvalue weighted by Gasteiger charge is 2.18. The van der Waals surface area contributed by atoms with Gasteiger partial charge in [-0.3, -0.25) is 14.0 Å². The predicted molar refractivity (Wildman–Crippen MR) is 89.3 cm³/mol. The summed E-state index contributed by atoms with van der Waals surface area (Å²) in [7, 11) is 1.67. The van der Waals surface area contributed by atoms with Gasteiger partial charge in [0.15, 0.2) is 4.96 Å². The maximum Gasteiger partial charge on any atom is 0.271 e. The van der Waals surface area contributed by atoms with Gasteiger partial charge in [0.25, 0.3) is 11.5 Å². The molecule has 0 unspecified atom stereocenters. The lowest BCUT2D eigenvalue weighted by atomic mass is 10.2. The largest absolute Gasteiger partial charge is 0.337 e. The second-order valence-corrected chi connectivity index (χ2v) is 6.51. The first kappa shape index (κ1) is 14.9. The molecular formula is C15H12BrN3O2S. The van der Waals surface area contributed by atoms with Gasteiger partial charge in [-0.15, -0.1) is 11.3 Å². The van der Waals surface area contributed by atoms with Gasteiger partial charge >= 0.3 is 0 Å². The maximum absolute atomic E-state index is 12.5. The van der Waals surface area contributed by atoms with Crippen molar-refractivity contribution in [2.45, 2.75) is 6.54 Å². The zero-order valence-electron chi connectivity index (χ0n) is 11.7. The van der Waals surface area contributed by atoms with E-state index >= 15 is 0 Å². The Morgan fingerprint density at radius 1 is 1.41 bits per heavy atom. The summed E-state index contributed by atoms with van der Waals surface area (Å²) in [5.41, 5.74) is 0.712. The van der Waals surface area contributed by atoms with Crippen molar-refractivity contribution in [3.63, 3.8) is 0 Å². The van der Waals surface area contributed by atoms with Crippen LogP contribution in [0.2, 0.25) is 0 Å². The molecule has 3 aromatic rings. The third-order valence-corrected chi connectivity index (χ3v) is 4.83. The van der Waals surface area contributed by atoms with Crippen LogP contribution in [0.25, 0.3) is 4.96 Å². The summed E-state index contributed by atoms with van der Waals surface area (Å²) < 4.78 is 2.32. The Kier molecular flexibility index (Phi) is 4.08. The lowest BCUT2D eigenvalue weighted by molar-refractivity contribution is 0.0782. The van der Waals surface area contributed by atoms with Crippen LogP contribution in [0.3, 0.4) is 0 Å². The van der Waals surface area contributed by atoms with Crippen LogP contribution in [-0.4, -0.2) is 27.2 Å². The zero-order chi connectivity index (χ0) is 15.7. The summed E-state index contributed by atoms with van der Waals surface area (Å²) in [6, 6.07) is 7.67. The number of fused-ring (bicyclic) bond motifs is 1. The van der Waals surface area contributed by atoms with Crippen LogP contribution in [0.15, 0.2) is 51.3 Å². The Balaban J connectivity index is 1.90. The molecule has 1 amide bonds. The Bertz CT molecular complexity index is 903. The van der Waals surface area contributed by atoms with Crippen molar-refractivity contribution in [3.05, 3.63) is 68.0 Å². The van der Waals surface area contributed by atoms with Crippen molar-refractivity contribution in [1.29, 1.82) is 0 Å². The first-order valence-electron chi connectivity index (χ1n) is 6.51. The summed E-state index contributed by atoms with van der Waals surface area (Å²) in [5, 5.41) is 1.77. The van der Waals surface area contributed by atoms with Crippen LogP contribution in [-0.2, 0) is 6.54 Å². The monoisotopic (exact) mass is 377 g/mol. The van der Waals surface area contributed by atoms with Gasteiger partial charge in [0.05, 0.1) is 0 Å². The maximum atomic E-state index is 12.5. The second kappa shape index (κ2) is 6.02. The molecule has 7 heteroatoms. The molecule has 5 nitrogen and oxygen atoms in total. The van der Waals surface area contributed by atoms with Crippen molar-refractivity contribution in [2.24, 2.45) is 0 Å². The molecule has 112 valence electrons. The van der Waals surface area contributed by atoms with E-state index in [1.54, 1.807) is 18.6 Å². The molecule has 0 bridgehead atoms. The molecule has 0 saturated heterocycles. The number of carbonyl (C=O) groups is 1. The van der Waals surface area contributed by atoms with E-state index in [4.69, 9.17) is 0 Å². The lowest BCUT2D eigenvalue weighted by Gasteiger charge is -2.17. The topological polar surface area (TPSA) is 54.7 Å². The molecule has 0 saturated carbocycles.